The first-order valence-electron chi connectivity index (χ1n) is 0.183. The molecule has 4 heteroatoms. The van der Waals surface area contributed by atoms with Crippen molar-refractivity contribution in [2.45, 2.75) is 0 Å². The molecule has 0 bridgehead atoms. The summed E-state index contributed by atoms with van der Waals surface area (Å²) < 4.78 is 0. The zero-order valence-corrected chi connectivity index (χ0v) is 4.56. The first-order chi connectivity index (χ1) is 1.00. The van der Waals surface area contributed by atoms with Gasteiger partial charge >= 0.3 is 29.6 Å². The Bertz CT molecular complexity index is 6.00. The van der Waals surface area contributed by atoms with E-state index >= 15 is 0 Å². The van der Waals surface area contributed by atoms with Crippen molar-refractivity contribution in [2.75, 3.05) is 0 Å². The van der Waals surface area contributed by atoms with E-state index in [1.165, 1.54) is 0 Å². The van der Waals surface area contributed by atoms with Gasteiger partial charge in [-0.3, -0.25) is 0 Å². The Labute approximate surface area is 46.4 Å². The van der Waals surface area contributed by atoms with Gasteiger partial charge in [-0.05, 0) is 0 Å². The Kier molecular flexibility index (Phi) is 216. The van der Waals surface area contributed by atoms with Gasteiger partial charge in [-0.25, -0.2) is 0 Å². The molecule has 0 aromatic carbocycles. The van der Waals surface area contributed by atoms with E-state index < -0.39 is 0 Å². The van der Waals surface area contributed by atoms with Gasteiger partial charge in [0.1, 0.15) is 0 Å². The van der Waals surface area contributed by atoms with Gasteiger partial charge in [0.2, 0.25) is 0 Å². The summed E-state index contributed by atoms with van der Waals surface area (Å²) in [5, 5.41) is 13.0. The van der Waals surface area contributed by atoms with Crippen LogP contribution in [-0.2, 0) is 0 Å². The maximum absolute atomic E-state index is 7.25. The summed E-state index contributed by atoms with van der Waals surface area (Å²) in [5.74, 6) is 0. The third-order valence-electron chi connectivity index (χ3n) is 0. The van der Waals surface area contributed by atoms with Crippen LogP contribution in [0.5, 0.6) is 0 Å². The summed E-state index contributed by atoms with van der Waals surface area (Å²) in [6, 6.07) is 0. The van der Waals surface area contributed by atoms with Gasteiger partial charge < -0.3 is 16.7 Å². The summed E-state index contributed by atoms with van der Waals surface area (Å²) in [7, 11) is 0. The molecule has 0 aromatic heterocycles. The minimum Gasteiger partial charge on any atom is -0.727 e. The summed E-state index contributed by atoms with van der Waals surface area (Å²) in [5.41, 5.74) is 0. The first-order valence-corrected chi connectivity index (χ1v) is 0.183. The number of hydrogen-bond donors (Lipinski definition) is 2. The second-order valence-electron chi connectivity index (χ2n) is 0. The topological polar surface area (TPSA) is 78.3 Å². The molecule has 3 nitrogen and oxygen atoms in total. The average molecular weight is 73.0 g/mol. The maximum Gasteiger partial charge on any atom is 1.00 e. The second-order valence-corrected chi connectivity index (χ2v) is 0. The predicted octanol–water partition coefficient (Wildman–Crippen LogP) is -4.01. The maximum atomic E-state index is 7.25. The minimum absolute atomic E-state index is 0. The van der Waals surface area contributed by atoms with Crippen molar-refractivity contribution >= 4 is 0 Å². The molecular formula is H4NNaO2. The molecule has 4 heavy (non-hydrogen) atoms. The van der Waals surface area contributed by atoms with Gasteiger partial charge in [0.25, 0.3) is 0 Å². The normalized spacial score (nSPS) is 1.50. The van der Waals surface area contributed by atoms with E-state index in [-0.39, 0.29) is 35.7 Å². The van der Waals surface area contributed by atoms with Crippen LogP contribution in [0.4, 0.5) is 0 Å². The summed E-state index contributed by atoms with van der Waals surface area (Å²) in [6.45, 7) is 0. The molecule has 0 saturated carbocycles. The summed E-state index contributed by atoms with van der Waals surface area (Å²) >= 11 is 0. The van der Waals surface area contributed by atoms with Crippen molar-refractivity contribution in [1.29, 1.82) is 0 Å². The Hall–Kier alpha value is 0.880. The van der Waals surface area contributed by atoms with E-state index in [1.807, 2.05) is 0 Å². The molecule has 0 amide bonds. The largest absolute Gasteiger partial charge is 1.00 e. The summed E-state index contributed by atoms with van der Waals surface area (Å²) in [6.07, 6.45) is 0. The molecule has 0 spiro atoms. The van der Waals surface area contributed by atoms with Crippen LogP contribution in [-0.4, -0.2) is 5.26 Å². The second kappa shape index (κ2) is 41.6. The van der Waals surface area contributed by atoms with Crippen LogP contribution in [0.1, 0.15) is 0 Å². The van der Waals surface area contributed by atoms with Gasteiger partial charge in [0.15, 0.2) is 0 Å². The van der Waals surface area contributed by atoms with Crippen molar-refractivity contribution < 1.29 is 40.1 Å². The summed E-state index contributed by atoms with van der Waals surface area (Å²) in [4.78, 5) is 0. The molecule has 0 saturated heterocycles. The smallest absolute Gasteiger partial charge is 0.727 e. The molecular weight excluding hydrogens is 69.0 g/mol. The molecule has 0 aromatic rings. The van der Waals surface area contributed by atoms with Gasteiger partial charge in [-0.15, -0.1) is 0 Å². The van der Waals surface area contributed by atoms with E-state index in [0.29, 0.717) is 0 Å². The number of hydrogen-bond acceptors (Lipinski definition) is 3. The molecule has 22 valence electrons. The van der Waals surface area contributed by atoms with E-state index in [4.69, 9.17) is 10.5 Å². The third kappa shape index (κ3) is 13.1. The molecule has 0 aliphatic rings. The average Bonchev–Trinajstić information content (AvgIpc) is 1.00. The fourth-order valence-electron chi connectivity index (χ4n) is 0. The van der Waals surface area contributed by atoms with Crippen molar-refractivity contribution in [2.24, 2.45) is 0 Å². The van der Waals surface area contributed by atoms with Gasteiger partial charge in [-0.2, -0.15) is 0 Å². The Morgan fingerprint density at radius 2 is 1.25 bits per heavy atom. The first kappa shape index (κ1) is 20.8. The van der Waals surface area contributed by atoms with E-state index in [2.05, 4.69) is 0 Å². The molecule has 0 radical (unpaired) electrons. The standard InChI is InChI=1S/H3N.Na.H2O2/c;;1-2/h1H3;;1-2H/q;+1;/p-1. The fraction of sp³-hybridized carbons (Fsp3) is 0. The SMILES string of the molecule is N.[Na+].[O-]O. The Balaban J connectivity index is -0.00000000500. The van der Waals surface area contributed by atoms with Crippen LogP contribution in [0.25, 0.3) is 0 Å². The molecule has 4 N–H and O–H groups in total. The molecule has 0 fully saturated rings. The number of rotatable bonds is 0. The van der Waals surface area contributed by atoms with Crippen LogP contribution >= 0.6 is 0 Å². The molecule has 0 heterocycles. The van der Waals surface area contributed by atoms with Crippen LogP contribution in [0.15, 0.2) is 0 Å². The van der Waals surface area contributed by atoms with Gasteiger partial charge in [0.05, 0.1) is 0 Å². The van der Waals surface area contributed by atoms with E-state index in [1.54, 1.807) is 0 Å². The molecule has 0 unspecified atom stereocenters. The van der Waals surface area contributed by atoms with E-state index in [9.17, 15) is 0 Å². The van der Waals surface area contributed by atoms with Gasteiger partial charge in [-0.1, -0.05) is 0 Å². The van der Waals surface area contributed by atoms with Crippen LogP contribution < -0.4 is 41.0 Å². The van der Waals surface area contributed by atoms with Crippen molar-refractivity contribution in [3.63, 3.8) is 0 Å². The molecule has 0 atom stereocenters. The Morgan fingerprint density at radius 1 is 1.25 bits per heavy atom. The minimum atomic E-state index is 0. The monoisotopic (exact) mass is 73.0 g/mol. The predicted molar refractivity (Wildman–Crippen MR) is 7.65 cm³/mol. The van der Waals surface area contributed by atoms with Crippen LogP contribution in [0, 0.1) is 0 Å². The quantitative estimate of drug-likeness (QED) is 0.174. The fourth-order valence-corrected chi connectivity index (χ4v) is 0. The van der Waals surface area contributed by atoms with Crippen molar-refractivity contribution in [1.82, 2.24) is 6.15 Å². The zero-order chi connectivity index (χ0) is 2.00. The van der Waals surface area contributed by atoms with Crippen LogP contribution in [0.3, 0.4) is 0 Å². The van der Waals surface area contributed by atoms with Gasteiger partial charge in [0, 0.05) is 0 Å². The molecule has 0 aliphatic heterocycles. The van der Waals surface area contributed by atoms with Crippen molar-refractivity contribution in [3.8, 4) is 0 Å². The zero-order valence-electron chi connectivity index (χ0n) is 2.56. The molecule has 0 rings (SSSR count). The molecule has 0 aliphatic carbocycles. The Morgan fingerprint density at radius 3 is 1.25 bits per heavy atom. The third-order valence-corrected chi connectivity index (χ3v) is 0. The van der Waals surface area contributed by atoms with Crippen molar-refractivity contribution in [3.05, 3.63) is 0 Å². The van der Waals surface area contributed by atoms with E-state index in [0.717, 1.165) is 0 Å². The van der Waals surface area contributed by atoms with Crippen LogP contribution in [0.2, 0.25) is 0 Å².